The van der Waals surface area contributed by atoms with Gasteiger partial charge < -0.3 is 9.47 Å². The summed E-state index contributed by atoms with van der Waals surface area (Å²) in [7, 11) is 0. The van der Waals surface area contributed by atoms with E-state index in [0.29, 0.717) is 11.1 Å². The van der Waals surface area contributed by atoms with Crippen molar-refractivity contribution in [2.24, 2.45) is 5.10 Å². The van der Waals surface area contributed by atoms with Crippen molar-refractivity contribution in [3.63, 3.8) is 0 Å². The first-order valence-electron chi connectivity index (χ1n) is 8.42. The fourth-order valence-corrected chi connectivity index (χ4v) is 2.71. The minimum atomic E-state index is -1.00. The van der Waals surface area contributed by atoms with Crippen molar-refractivity contribution in [3.8, 4) is 5.75 Å². The number of nitrogens with zero attached hydrogens (tertiary/aromatic N) is 4. The molecule has 29 heavy (non-hydrogen) atoms. The third kappa shape index (κ3) is 4.29. The van der Waals surface area contributed by atoms with Crippen molar-refractivity contribution in [1.82, 2.24) is 5.01 Å². The van der Waals surface area contributed by atoms with Crippen LogP contribution in [0.2, 0.25) is 0 Å². The first kappa shape index (κ1) is 19.7. The highest BCUT2D eigenvalue weighted by molar-refractivity contribution is 5.83. The second-order valence-corrected chi connectivity index (χ2v) is 6.20. The van der Waals surface area contributed by atoms with Gasteiger partial charge in [0.2, 0.25) is 18.0 Å². The zero-order chi connectivity index (χ0) is 21.1. The van der Waals surface area contributed by atoms with Crippen molar-refractivity contribution in [2.75, 3.05) is 6.61 Å². The van der Waals surface area contributed by atoms with Gasteiger partial charge in [-0.1, -0.05) is 18.2 Å². The van der Waals surface area contributed by atoms with Crippen molar-refractivity contribution in [1.29, 1.82) is 0 Å². The van der Waals surface area contributed by atoms with Crippen molar-refractivity contribution in [3.05, 3.63) is 73.8 Å². The van der Waals surface area contributed by atoms with Crippen LogP contribution in [-0.2, 0) is 9.53 Å². The molecule has 2 aromatic carbocycles. The summed E-state index contributed by atoms with van der Waals surface area (Å²) in [4.78, 5) is 33.0. The maximum atomic E-state index is 11.9. The number of non-ortho nitro benzene ring substituents is 1. The minimum absolute atomic E-state index is 0.00609. The Kier molecular flexibility index (Phi) is 5.39. The summed E-state index contributed by atoms with van der Waals surface area (Å²) in [6.07, 6.45) is -1.00. The van der Waals surface area contributed by atoms with Crippen molar-refractivity contribution >= 4 is 23.2 Å². The highest BCUT2D eigenvalue weighted by atomic mass is 16.6. The predicted octanol–water partition coefficient (Wildman–Crippen LogP) is 3.08. The molecule has 150 valence electrons. The van der Waals surface area contributed by atoms with Gasteiger partial charge in [-0.3, -0.25) is 25.0 Å². The second-order valence-electron chi connectivity index (χ2n) is 6.20. The molecule has 1 aliphatic heterocycles. The van der Waals surface area contributed by atoms with Gasteiger partial charge in [0.1, 0.15) is 0 Å². The molecule has 0 aliphatic carbocycles. The van der Waals surface area contributed by atoms with E-state index in [1.54, 1.807) is 19.1 Å². The van der Waals surface area contributed by atoms with Crippen LogP contribution in [0.25, 0.3) is 0 Å². The quantitative estimate of drug-likeness (QED) is 0.536. The number of carbonyl (C=O) groups is 1. The summed E-state index contributed by atoms with van der Waals surface area (Å²) < 4.78 is 11.1. The fourth-order valence-electron chi connectivity index (χ4n) is 2.71. The Hall–Kier alpha value is -4.02. The van der Waals surface area contributed by atoms with Gasteiger partial charge in [-0.15, -0.1) is 5.10 Å². The molecule has 0 radical (unpaired) electrons. The zero-order valence-corrected chi connectivity index (χ0v) is 15.5. The van der Waals surface area contributed by atoms with Crippen LogP contribution in [0.4, 0.5) is 11.4 Å². The van der Waals surface area contributed by atoms with E-state index in [1.165, 1.54) is 37.3 Å². The lowest BCUT2D eigenvalue weighted by atomic mass is 10.1. The number of hydrazone groups is 1. The van der Waals surface area contributed by atoms with Gasteiger partial charge in [0.25, 0.3) is 5.69 Å². The number of hydrogen-bond acceptors (Lipinski definition) is 8. The summed E-state index contributed by atoms with van der Waals surface area (Å²) in [5.74, 6) is -0.413. The topological polar surface area (TPSA) is 137 Å². The van der Waals surface area contributed by atoms with Gasteiger partial charge in [0, 0.05) is 30.7 Å². The fraction of sp³-hybridized carbons (Fsp3) is 0.222. The molecule has 2 aromatic rings. The lowest BCUT2D eigenvalue weighted by molar-refractivity contribution is -0.385. The monoisotopic (exact) mass is 400 g/mol. The molecule has 0 N–H and O–H groups in total. The number of benzene rings is 2. The molecule has 3 rings (SSSR count). The van der Waals surface area contributed by atoms with Gasteiger partial charge in [-0.25, -0.2) is 0 Å². The first-order chi connectivity index (χ1) is 13.8. The van der Waals surface area contributed by atoms with Gasteiger partial charge >= 0.3 is 5.69 Å². The Morgan fingerprint density at radius 3 is 2.62 bits per heavy atom. The smallest absolute Gasteiger partial charge is 0.311 e. The number of amides is 1. The molecule has 0 spiro atoms. The molecule has 1 heterocycles. The Morgan fingerprint density at radius 1 is 1.21 bits per heavy atom. The number of hydrogen-bond donors (Lipinski definition) is 0. The maximum Gasteiger partial charge on any atom is 0.311 e. The number of carbonyl (C=O) groups excluding carboxylic acids is 1. The Morgan fingerprint density at radius 2 is 1.97 bits per heavy atom. The van der Waals surface area contributed by atoms with Crippen LogP contribution >= 0.6 is 0 Å². The molecule has 11 nitrogen and oxygen atoms in total. The van der Waals surface area contributed by atoms with E-state index in [0.717, 1.165) is 5.01 Å². The largest absolute Gasteiger partial charge is 0.477 e. The zero-order valence-electron chi connectivity index (χ0n) is 15.5. The minimum Gasteiger partial charge on any atom is -0.477 e. The average molecular weight is 400 g/mol. The third-order valence-electron chi connectivity index (χ3n) is 4.04. The molecule has 1 amide bonds. The standard InChI is InChI=1S/C18H16N4O7/c1-11-6-7-16(15(8-11)22(26)27)28-10-17-19-20(12(2)23)18(29-17)13-4-3-5-14(9-13)21(24)25/h3-9,18H,10H2,1-2H3/t18-/m0/s1. The molecule has 0 aromatic heterocycles. The van der Waals surface area contributed by atoms with Gasteiger partial charge in [0.05, 0.1) is 9.85 Å². The highest BCUT2D eigenvalue weighted by Crippen LogP contribution is 2.32. The molecule has 0 saturated heterocycles. The summed E-state index contributed by atoms with van der Waals surface area (Å²) in [5.41, 5.74) is 0.693. The number of aryl methyl sites for hydroxylation is 1. The van der Waals surface area contributed by atoms with Crippen molar-refractivity contribution in [2.45, 2.75) is 20.1 Å². The Bertz CT molecular complexity index is 1020. The van der Waals surface area contributed by atoms with Crippen LogP contribution < -0.4 is 4.74 Å². The summed E-state index contributed by atoms with van der Waals surface area (Å²) >= 11 is 0. The number of ether oxygens (including phenoxy) is 2. The van der Waals surface area contributed by atoms with Gasteiger partial charge in [-0.05, 0) is 18.6 Å². The van der Waals surface area contributed by atoms with Crippen LogP contribution in [0.3, 0.4) is 0 Å². The van der Waals surface area contributed by atoms with Gasteiger partial charge in [-0.2, -0.15) is 5.01 Å². The van der Waals surface area contributed by atoms with Crippen LogP contribution in [0, 0.1) is 27.2 Å². The van der Waals surface area contributed by atoms with Crippen LogP contribution in [-0.4, -0.2) is 33.3 Å². The molecule has 0 unspecified atom stereocenters. The molecule has 1 aliphatic rings. The van der Waals surface area contributed by atoms with Crippen LogP contribution in [0.1, 0.15) is 24.3 Å². The molecule has 0 bridgehead atoms. The van der Waals surface area contributed by atoms with E-state index in [1.807, 2.05) is 0 Å². The third-order valence-corrected chi connectivity index (χ3v) is 4.04. The summed E-state index contributed by atoms with van der Waals surface area (Å²) in [6, 6.07) is 10.1. The van der Waals surface area contributed by atoms with E-state index in [2.05, 4.69) is 5.10 Å². The highest BCUT2D eigenvalue weighted by Gasteiger charge is 2.33. The molecule has 0 fully saturated rings. The van der Waals surface area contributed by atoms with E-state index in [4.69, 9.17) is 9.47 Å². The molecule has 0 saturated carbocycles. The van der Waals surface area contributed by atoms with Crippen molar-refractivity contribution < 1.29 is 24.1 Å². The predicted molar refractivity (Wildman–Crippen MR) is 100 cm³/mol. The molecular formula is C18H16N4O7. The average Bonchev–Trinajstić information content (AvgIpc) is 3.11. The maximum absolute atomic E-state index is 11.9. The number of nitro groups is 2. The number of rotatable bonds is 6. The molecular weight excluding hydrogens is 384 g/mol. The normalized spacial score (nSPS) is 15.4. The van der Waals surface area contributed by atoms with Crippen LogP contribution in [0.15, 0.2) is 47.6 Å². The first-order valence-corrected chi connectivity index (χ1v) is 8.42. The van der Waals surface area contributed by atoms with Gasteiger partial charge in [0.15, 0.2) is 12.4 Å². The number of nitro benzene ring substituents is 2. The van der Waals surface area contributed by atoms with E-state index < -0.39 is 22.0 Å². The van der Waals surface area contributed by atoms with E-state index >= 15 is 0 Å². The Labute approximate surface area is 164 Å². The van der Waals surface area contributed by atoms with E-state index in [9.17, 15) is 25.0 Å². The lowest BCUT2D eigenvalue weighted by Gasteiger charge is -2.19. The Balaban J connectivity index is 1.79. The molecule has 1 atom stereocenters. The second kappa shape index (κ2) is 7.92. The SMILES string of the molecule is CC(=O)N1N=C(COc2ccc(C)cc2[N+](=O)[O-])O[C@H]1c1cccc([N+](=O)[O-])c1. The lowest BCUT2D eigenvalue weighted by Crippen LogP contribution is -2.25. The summed E-state index contributed by atoms with van der Waals surface area (Å²) in [6.45, 7) is 2.72. The summed E-state index contributed by atoms with van der Waals surface area (Å²) in [5, 5.41) is 27.3. The van der Waals surface area contributed by atoms with E-state index in [-0.39, 0.29) is 29.6 Å². The van der Waals surface area contributed by atoms with Crippen LogP contribution in [0.5, 0.6) is 5.75 Å². The molecule has 11 heteroatoms.